The summed E-state index contributed by atoms with van der Waals surface area (Å²) in [7, 11) is 0. The molecule has 0 aliphatic rings. The Morgan fingerprint density at radius 2 is 1.94 bits per heavy atom. The maximum atomic E-state index is 8.95. The fourth-order valence-electron chi connectivity index (χ4n) is 1.48. The van der Waals surface area contributed by atoms with Gasteiger partial charge in [0.15, 0.2) is 5.16 Å². The SMILES string of the molecule is CCc1cnc(SCc2ccc(CO)cc2)[nH]1. The summed E-state index contributed by atoms with van der Waals surface area (Å²) < 4.78 is 0. The standard InChI is InChI=1S/C13H16N2OS/c1-2-12-7-14-13(15-12)17-9-11-5-3-10(8-16)4-6-11/h3-7,16H,2,8-9H2,1H3,(H,14,15). The summed E-state index contributed by atoms with van der Waals surface area (Å²) >= 11 is 1.69. The first-order chi connectivity index (χ1) is 8.31. The highest BCUT2D eigenvalue weighted by molar-refractivity contribution is 7.98. The molecule has 4 heteroatoms. The third-order valence-corrected chi connectivity index (χ3v) is 3.53. The van der Waals surface area contributed by atoms with Crippen molar-refractivity contribution in [2.24, 2.45) is 0 Å². The lowest BCUT2D eigenvalue weighted by Crippen LogP contribution is -1.86. The van der Waals surface area contributed by atoms with Crippen molar-refractivity contribution >= 4 is 11.8 Å². The Bertz CT molecular complexity index is 465. The van der Waals surface area contributed by atoms with Crippen LogP contribution in [0.1, 0.15) is 23.7 Å². The van der Waals surface area contributed by atoms with Gasteiger partial charge in [0.25, 0.3) is 0 Å². The van der Waals surface area contributed by atoms with Crippen LogP contribution in [-0.4, -0.2) is 15.1 Å². The molecule has 2 N–H and O–H groups in total. The molecule has 0 unspecified atom stereocenters. The Hall–Kier alpha value is -1.26. The number of aliphatic hydroxyl groups is 1. The van der Waals surface area contributed by atoms with Crippen LogP contribution in [-0.2, 0) is 18.8 Å². The number of thioether (sulfide) groups is 1. The predicted octanol–water partition coefficient (Wildman–Crippen LogP) is 2.76. The molecule has 2 aromatic rings. The van der Waals surface area contributed by atoms with E-state index >= 15 is 0 Å². The second-order valence-corrected chi connectivity index (χ2v) is 4.79. The molecule has 90 valence electrons. The summed E-state index contributed by atoms with van der Waals surface area (Å²) in [6.07, 6.45) is 2.87. The number of nitrogens with zero attached hydrogens (tertiary/aromatic N) is 1. The molecule has 0 atom stereocenters. The average Bonchev–Trinajstić information content (AvgIpc) is 2.85. The maximum Gasteiger partial charge on any atom is 0.165 e. The second-order valence-electron chi connectivity index (χ2n) is 3.83. The van der Waals surface area contributed by atoms with E-state index in [1.54, 1.807) is 11.8 Å². The second kappa shape index (κ2) is 5.89. The predicted molar refractivity (Wildman–Crippen MR) is 69.9 cm³/mol. The van der Waals surface area contributed by atoms with E-state index in [-0.39, 0.29) is 6.61 Å². The van der Waals surface area contributed by atoms with Gasteiger partial charge in [-0.1, -0.05) is 43.0 Å². The number of hydrogen-bond acceptors (Lipinski definition) is 3. The molecule has 0 fully saturated rings. The van der Waals surface area contributed by atoms with Crippen LogP contribution in [0.3, 0.4) is 0 Å². The molecule has 0 amide bonds. The van der Waals surface area contributed by atoms with E-state index in [2.05, 4.69) is 16.9 Å². The smallest absolute Gasteiger partial charge is 0.165 e. The number of aromatic nitrogens is 2. The number of benzene rings is 1. The molecular weight excluding hydrogens is 232 g/mol. The number of H-pyrrole nitrogens is 1. The summed E-state index contributed by atoms with van der Waals surface area (Å²) in [5, 5.41) is 9.91. The highest BCUT2D eigenvalue weighted by Crippen LogP contribution is 2.20. The summed E-state index contributed by atoms with van der Waals surface area (Å²) in [6.45, 7) is 2.21. The first-order valence-electron chi connectivity index (χ1n) is 5.67. The number of rotatable bonds is 5. The van der Waals surface area contributed by atoms with Crippen molar-refractivity contribution in [2.45, 2.75) is 30.9 Å². The van der Waals surface area contributed by atoms with Crippen molar-refractivity contribution in [3.05, 3.63) is 47.3 Å². The van der Waals surface area contributed by atoms with E-state index in [9.17, 15) is 0 Å². The van der Waals surface area contributed by atoms with E-state index < -0.39 is 0 Å². The van der Waals surface area contributed by atoms with E-state index in [0.29, 0.717) is 0 Å². The highest BCUT2D eigenvalue weighted by Gasteiger charge is 2.01. The third-order valence-electron chi connectivity index (χ3n) is 2.57. The summed E-state index contributed by atoms with van der Waals surface area (Å²) in [6, 6.07) is 8.00. The lowest BCUT2D eigenvalue weighted by molar-refractivity contribution is 0.282. The minimum absolute atomic E-state index is 0.103. The lowest BCUT2D eigenvalue weighted by Gasteiger charge is -2.01. The molecule has 0 saturated heterocycles. The van der Waals surface area contributed by atoms with Crippen molar-refractivity contribution in [3.8, 4) is 0 Å². The van der Waals surface area contributed by atoms with Gasteiger partial charge in [-0.2, -0.15) is 0 Å². The fourth-order valence-corrected chi connectivity index (χ4v) is 2.31. The fraction of sp³-hybridized carbons (Fsp3) is 0.308. The van der Waals surface area contributed by atoms with E-state index in [4.69, 9.17) is 5.11 Å². The van der Waals surface area contributed by atoms with Crippen LogP contribution < -0.4 is 0 Å². The molecule has 1 heterocycles. The van der Waals surface area contributed by atoms with Crippen LogP contribution in [0.2, 0.25) is 0 Å². The van der Waals surface area contributed by atoms with Crippen LogP contribution in [0.4, 0.5) is 0 Å². The van der Waals surface area contributed by atoms with Gasteiger partial charge in [-0.25, -0.2) is 4.98 Å². The van der Waals surface area contributed by atoms with Gasteiger partial charge in [0.05, 0.1) is 6.61 Å². The topological polar surface area (TPSA) is 48.9 Å². The van der Waals surface area contributed by atoms with Crippen LogP contribution in [0, 0.1) is 0 Å². The van der Waals surface area contributed by atoms with Crippen LogP contribution in [0.5, 0.6) is 0 Å². The number of aliphatic hydroxyl groups excluding tert-OH is 1. The molecule has 0 spiro atoms. The lowest BCUT2D eigenvalue weighted by atomic mass is 10.2. The Morgan fingerprint density at radius 3 is 2.53 bits per heavy atom. The number of hydrogen-bond donors (Lipinski definition) is 2. The van der Waals surface area contributed by atoms with Gasteiger partial charge in [0.1, 0.15) is 0 Å². The van der Waals surface area contributed by atoms with Gasteiger partial charge in [0, 0.05) is 17.6 Å². The van der Waals surface area contributed by atoms with Crippen LogP contribution in [0.25, 0.3) is 0 Å². The maximum absolute atomic E-state index is 8.95. The quantitative estimate of drug-likeness (QED) is 0.800. The van der Waals surface area contributed by atoms with Gasteiger partial charge >= 0.3 is 0 Å². The summed E-state index contributed by atoms with van der Waals surface area (Å²) in [5.74, 6) is 0.891. The van der Waals surface area contributed by atoms with Gasteiger partial charge in [-0.15, -0.1) is 0 Å². The number of imidazole rings is 1. The van der Waals surface area contributed by atoms with Crippen molar-refractivity contribution in [2.75, 3.05) is 0 Å². The molecule has 0 bridgehead atoms. The van der Waals surface area contributed by atoms with E-state index in [1.807, 2.05) is 30.5 Å². The molecule has 1 aromatic carbocycles. The monoisotopic (exact) mass is 248 g/mol. The number of nitrogens with one attached hydrogen (secondary N) is 1. The zero-order valence-electron chi connectivity index (χ0n) is 9.81. The zero-order valence-corrected chi connectivity index (χ0v) is 10.6. The Labute approximate surface area is 105 Å². The molecule has 0 saturated carbocycles. The van der Waals surface area contributed by atoms with Gasteiger partial charge in [-0.05, 0) is 17.5 Å². The largest absolute Gasteiger partial charge is 0.392 e. The molecule has 0 aliphatic carbocycles. The molecule has 1 aromatic heterocycles. The third kappa shape index (κ3) is 3.35. The van der Waals surface area contributed by atoms with Crippen LogP contribution in [0.15, 0.2) is 35.6 Å². The zero-order chi connectivity index (χ0) is 12.1. The highest BCUT2D eigenvalue weighted by atomic mass is 32.2. The average molecular weight is 248 g/mol. The van der Waals surface area contributed by atoms with E-state index in [1.165, 1.54) is 11.3 Å². The number of aromatic amines is 1. The summed E-state index contributed by atoms with van der Waals surface area (Å²) in [5.41, 5.74) is 3.36. The first-order valence-corrected chi connectivity index (χ1v) is 6.65. The molecular formula is C13H16N2OS. The van der Waals surface area contributed by atoms with Gasteiger partial charge in [0.2, 0.25) is 0 Å². The summed E-state index contributed by atoms with van der Waals surface area (Å²) in [4.78, 5) is 7.57. The molecule has 0 aliphatic heterocycles. The number of aryl methyl sites for hydroxylation is 1. The van der Waals surface area contributed by atoms with Crippen molar-refractivity contribution in [1.82, 2.24) is 9.97 Å². The van der Waals surface area contributed by atoms with Gasteiger partial charge in [-0.3, -0.25) is 0 Å². The Balaban J connectivity index is 1.92. The molecule has 3 nitrogen and oxygen atoms in total. The van der Waals surface area contributed by atoms with E-state index in [0.717, 1.165) is 22.9 Å². The molecule has 0 radical (unpaired) electrons. The van der Waals surface area contributed by atoms with Gasteiger partial charge < -0.3 is 10.1 Å². The van der Waals surface area contributed by atoms with Crippen molar-refractivity contribution < 1.29 is 5.11 Å². The molecule has 17 heavy (non-hydrogen) atoms. The van der Waals surface area contributed by atoms with Crippen molar-refractivity contribution in [3.63, 3.8) is 0 Å². The normalized spacial score (nSPS) is 10.7. The van der Waals surface area contributed by atoms with Crippen LogP contribution >= 0.6 is 11.8 Å². The van der Waals surface area contributed by atoms with Crippen molar-refractivity contribution in [1.29, 1.82) is 0 Å². The Kier molecular flexibility index (Phi) is 4.23. The minimum atomic E-state index is 0.103. The first kappa shape index (κ1) is 12.2. The minimum Gasteiger partial charge on any atom is -0.392 e. The molecule has 2 rings (SSSR count). The Morgan fingerprint density at radius 1 is 1.24 bits per heavy atom.